The molecule has 2 nitrogen and oxygen atoms in total. The maximum absolute atomic E-state index is 12.4. The van der Waals surface area contributed by atoms with Crippen molar-refractivity contribution in [3.8, 4) is 0 Å². The van der Waals surface area contributed by atoms with Crippen molar-refractivity contribution in [3.63, 3.8) is 0 Å². The summed E-state index contributed by atoms with van der Waals surface area (Å²) in [4.78, 5) is 12.4. The SMILES string of the molecule is CCCCC1CCC(C(=O)NC2CCCCC2Cl)CC1. The largest absolute Gasteiger partial charge is 0.352 e. The highest BCUT2D eigenvalue weighted by molar-refractivity contribution is 6.21. The Labute approximate surface area is 129 Å². The number of amides is 1. The van der Waals surface area contributed by atoms with Crippen LogP contribution in [0.4, 0.5) is 0 Å². The zero-order valence-corrected chi connectivity index (χ0v) is 13.6. The lowest BCUT2D eigenvalue weighted by atomic mass is 9.79. The summed E-state index contributed by atoms with van der Waals surface area (Å²) in [6.07, 6.45) is 13.2. The fourth-order valence-electron chi connectivity index (χ4n) is 3.75. The van der Waals surface area contributed by atoms with E-state index < -0.39 is 0 Å². The Bertz CT molecular complexity index is 299. The van der Waals surface area contributed by atoms with Crippen LogP contribution in [0, 0.1) is 11.8 Å². The van der Waals surface area contributed by atoms with Crippen LogP contribution in [0.5, 0.6) is 0 Å². The molecule has 116 valence electrons. The van der Waals surface area contributed by atoms with Crippen molar-refractivity contribution in [2.24, 2.45) is 11.8 Å². The number of hydrogen-bond donors (Lipinski definition) is 1. The molecule has 0 radical (unpaired) electrons. The molecular weight excluding hydrogens is 270 g/mol. The Hall–Kier alpha value is -0.240. The molecule has 1 amide bonds. The van der Waals surface area contributed by atoms with E-state index in [1.165, 1.54) is 44.9 Å². The lowest BCUT2D eigenvalue weighted by Gasteiger charge is -2.32. The Morgan fingerprint density at radius 1 is 1.10 bits per heavy atom. The van der Waals surface area contributed by atoms with Crippen LogP contribution in [0.3, 0.4) is 0 Å². The van der Waals surface area contributed by atoms with Crippen LogP contribution < -0.4 is 5.32 Å². The fourth-order valence-corrected chi connectivity index (χ4v) is 4.10. The standard InChI is InChI=1S/C17H30ClNO/c1-2-3-6-13-9-11-14(12-10-13)17(20)19-16-8-5-4-7-15(16)18/h13-16H,2-12H2,1H3,(H,19,20). The van der Waals surface area contributed by atoms with Crippen molar-refractivity contribution in [2.45, 2.75) is 89.0 Å². The normalized spacial score (nSPS) is 34.7. The molecule has 0 aromatic rings. The van der Waals surface area contributed by atoms with Crippen molar-refractivity contribution < 1.29 is 4.79 Å². The second kappa shape index (κ2) is 8.26. The molecule has 0 aromatic heterocycles. The quantitative estimate of drug-likeness (QED) is 0.736. The van der Waals surface area contributed by atoms with Crippen LogP contribution in [0.25, 0.3) is 0 Å². The number of unbranched alkanes of at least 4 members (excludes halogenated alkanes) is 1. The number of carbonyl (C=O) groups is 1. The molecule has 3 heteroatoms. The maximum Gasteiger partial charge on any atom is 0.223 e. The van der Waals surface area contributed by atoms with E-state index in [2.05, 4.69) is 12.2 Å². The van der Waals surface area contributed by atoms with Gasteiger partial charge in [0, 0.05) is 12.0 Å². The highest BCUT2D eigenvalue weighted by Gasteiger charge is 2.30. The molecule has 2 aliphatic carbocycles. The Morgan fingerprint density at radius 2 is 1.80 bits per heavy atom. The van der Waals surface area contributed by atoms with Gasteiger partial charge in [-0.05, 0) is 44.4 Å². The van der Waals surface area contributed by atoms with Crippen LogP contribution >= 0.6 is 11.6 Å². The van der Waals surface area contributed by atoms with Gasteiger partial charge in [-0.2, -0.15) is 0 Å². The molecule has 2 fully saturated rings. The first-order valence-electron chi connectivity index (χ1n) is 8.65. The van der Waals surface area contributed by atoms with Crippen molar-refractivity contribution in [3.05, 3.63) is 0 Å². The number of nitrogens with one attached hydrogen (secondary N) is 1. The molecule has 2 aliphatic rings. The van der Waals surface area contributed by atoms with Crippen LogP contribution in [-0.2, 0) is 4.79 Å². The van der Waals surface area contributed by atoms with Crippen LogP contribution in [0.15, 0.2) is 0 Å². The molecule has 0 aromatic carbocycles. The summed E-state index contributed by atoms with van der Waals surface area (Å²) in [5.41, 5.74) is 0. The Kier molecular flexibility index (Phi) is 6.67. The summed E-state index contributed by atoms with van der Waals surface area (Å²) >= 11 is 6.33. The van der Waals surface area contributed by atoms with Gasteiger partial charge in [-0.25, -0.2) is 0 Å². The number of rotatable bonds is 5. The average molecular weight is 300 g/mol. The molecule has 2 rings (SSSR count). The highest BCUT2D eigenvalue weighted by atomic mass is 35.5. The molecule has 20 heavy (non-hydrogen) atoms. The van der Waals surface area contributed by atoms with Gasteiger partial charge in [-0.1, -0.05) is 39.0 Å². The molecule has 0 saturated heterocycles. The van der Waals surface area contributed by atoms with Gasteiger partial charge in [0.15, 0.2) is 0 Å². The molecule has 2 saturated carbocycles. The summed E-state index contributed by atoms with van der Waals surface area (Å²) < 4.78 is 0. The van der Waals surface area contributed by atoms with Gasteiger partial charge in [-0.3, -0.25) is 4.79 Å². The van der Waals surface area contributed by atoms with Crippen molar-refractivity contribution >= 4 is 17.5 Å². The molecule has 1 N–H and O–H groups in total. The van der Waals surface area contributed by atoms with Crippen molar-refractivity contribution in [1.29, 1.82) is 0 Å². The minimum Gasteiger partial charge on any atom is -0.352 e. The second-order valence-corrected chi connectivity index (χ2v) is 7.34. The summed E-state index contributed by atoms with van der Waals surface area (Å²) in [7, 11) is 0. The van der Waals surface area contributed by atoms with Crippen LogP contribution in [0.1, 0.15) is 77.6 Å². The zero-order chi connectivity index (χ0) is 14.4. The van der Waals surface area contributed by atoms with Gasteiger partial charge in [0.1, 0.15) is 0 Å². The zero-order valence-electron chi connectivity index (χ0n) is 12.9. The first-order valence-corrected chi connectivity index (χ1v) is 9.08. The third-order valence-electron chi connectivity index (χ3n) is 5.19. The predicted octanol–water partition coefficient (Wildman–Crippen LogP) is 4.65. The van der Waals surface area contributed by atoms with Crippen LogP contribution in [0.2, 0.25) is 0 Å². The van der Waals surface area contributed by atoms with Gasteiger partial charge >= 0.3 is 0 Å². The molecular formula is C17H30ClNO. The van der Waals surface area contributed by atoms with Gasteiger partial charge in [-0.15, -0.1) is 11.6 Å². The Morgan fingerprint density at radius 3 is 2.45 bits per heavy atom. The third-order valence-corrected chi connectivity index (χ3v) is 5.72. The van der Waals surface area contributed by atoms with Gasteiger partial charge in [0.25, 0.3) is 0 Å². The molecule has 0 bridgehead atoms. The molecule has 0 heterocycles. The van der Waals surface area contributed by atoms with E-state index in [1.807, 2.05) is 0 Å². The summed E-state index contributed by atoms with van der Waals surface area (Å²) in [6.45, 7) is 2.26. The minimum atomic E-state index is 0.147. The van der Waals surface area contributed by atoms with E-state index in [1.54, 1.807) is 0 Å². The molecule has 0 spiro atoms. The van der Waals surface area contributed by atoms with E-state index in [-0.39, 0.29) is 23.2 Å². The van der Waals surface area contributed by atoms with E-state index in [9.17, 15) is 4.79 Å². The topological polar surface area (TPSA) is 29.1 Å². The number of alkyl halides is 1. The van der Waals surface area contributed by atoms with Gasteiger partial charge < -0.3 is 5.32 Å². The smallest absolute Gasteiger partial charge is 0.223 e. The van der Waals surface area contributed by atoms with E-state index in [4.69, 9.17) is 11.6 Å². The third kappa shape index (κ3) is 4.65. The summed E-state index contributed by atoms with van der Waals surface area (Å²) in [5, 5.41) is 3.37. The van der Waals surface area contributed by atoms with Crippen molar-refractivity contribution in [1.82, 2.24) is 5.32 Å². The number of carbonyl (C=O) groups excluding carboxylic acids is 1. The summed E-state index contributed by atoms with van der Waals surface area (Å²) in [5.74, 6) is 1.39. The van der Waals surface area contributed by atoms with Crippen LogP contribution in [-0.4, -0.2) is 17.3 Å². The fraction of sp³-hybridized carbons (Fsp3) is 0.941. The second-order valence-electron chi connectivity index (χ2n) is 6.78. The highest BCUT2D eigenvalue weighted by Crippen LogP contribution is 2.32. The van der Waals surface area contributed by atoms with Gasteiger partial charge in [0.05, 0.1) is 5.38 Å². The van der Waals surface area contributed by atoms with E-state index >= 15 is 0 Å². The van der Waals surface area contributed by atoms with Gasteiger partial charge in [0.2, 0.25) is 5.91 Å². The molecule has 2 atom stereocenters. The van der Waals surface area contributed by atoms with Crippen molar-refractivity contribution in [2.75, 3.05) is 0 Å². The lowest BCUT2D eigenvalue weighted by Crippen LogP contribution is -2.45. The van der Waals surface area contributed by atoms with E-state index in [0.29, 0.717) is 0 Å². The monoisotopic (exact) mass is 299 g/mol. The number of hydrogen-bond acceptors (Lipinski definition) is 1. The molecule has 0 aliphatic heterocycles. The first kappa shape index (κ1) is 16.1. The maximum atomic E-state index is 12.4. The average Bonchev–Trinajstić information content (AvgIpc) is 2.48. The summed E-state index contributed by atoms with van der Waals surface area (Å²) in [6, 6.07) is 0.218. The predicted molar refractivity (Wildman–Crippen MR) is 85.0 cm³/mol. The Balaban J connectivity index is 1.71. The number of halogens is 1. The van der Waals surface area contributed by atoms with E-state index in [0.717, 1.165) is 31.6 Å². The molecule has 2 unspecified atom stereocenters. The minimum absolute atomic E-state index is 0.147. The lowest BCUT2D eigenvalue weighted by molar-refractivity contribution is -0.127. The first-order chi connectivity index (χ1) is 9.70.